The van der Waals surface area contributed by atoms with Gasteiger partial charge >= 0.3 is 5.97 Å². The van der Waals surface area contributed by atoms with Gasteiger partial charge in [-0.15, -0.1) is 0 Å². The molecule has 2 nitrogen and oxygen atoms in total. The van der Waals surface area contributed by atoms with Crippen LogP contribution in [-0.4, -0.2) is 13.1 Å². The number of hydrogen-bond donors (Lipinski definition) is 0. The van der Waals surface area contributed by atoms with Crippen LogP contribution in [-0.2, 0) is 9.53 Å². The normalized spacial score (nSPS) is 12.8. The molecule has 0 saturated carbocycles. The number of esters is 1. The van der Waals surface area contributed by atoms with Gasteiger partial charge in [0.05, 0.1) is 7.11 Å². The van der Waals surface area contributed by atoms with Crippen LogP contribution >= 0.6 is 0 Å². The third-order valence-electron chi connectivity index (χ3n) is 5.58. The fraction of sp³-hybridized carbons (Fsp3) is 0.808. The van der Waals surface area contributed by atoms with E-state index in [-0.39, 0.29) is 5.97 Å². The highest BCUT2D eigenvalue weighted by Crippen LogP contribution is 2.15. The number of methoxy groups -OCH3 is 1. The molecule has 0 aromatic carbocycles. The Morgan fingerprint density at radius 1 is 0.714 bits per heavy atom. The van der Waals surface area contributed by atoms with E-state index < -0.39 is 0 Å². The van der Waals surface area contributed by atoms with E-state index in [4.69, 9.17) is 0 Å². The zero-order valence-corrected chi connectivity index (χ0v) is 19.2. The lowest BCUT2D eigenvalue weighted by Crippen LogP contribution is -1.98. The van der Waals surface area contributed by atoms with Gasteiger partial charge in [0.25, 0.3) is 0 Å². The predicted octanol–water partition coefficient (Wildman–Crippen LogP) is 8.56. The molecule has 1 unspecified atom stereocenters. The molecule has 28 heavy (non-hydrogen) atoms. The van der Waals surface area contributed by atoms with Crippen molar-refractivity contribution in [3.8, 4) is 0 Å². The van der Waals surface area contributed by atoms with Crippen LogP contribution in [0, 0.1) is 5.92 Å². The van der Waals surface area contributed by atoms with Gasteiger partial charge in [-0.25, -0.2) is 0 Å². The Labute approximate surface area is 176 Å². The average Bonchev–Trinajstić information content (AvgIpc) is 2.71. The number of allylic oxidation sites excluding steroid dienone is 4. The lowest BCUT2D eigenvalue weighted by atomic mass is 9.99. The number of unbranched alkanes of at least 4 members (excludes halogenated alkanes) is 11. The van der Waals surface area contributed by atoms with Gasteiger partial charge in [0.15, 0.2) is 0 Å². The molecule has 0 N–H and O–H groups in total. The Balaban J connectivity index is 3.21. The van der Waals surface area contributed by atoms with Crippen LogP contribution in [0.25, 0.3) is 0 Å². The Kier molecular flexibility index (Phi) is 21.4. The van der Waals surface area contributed by atoms with Crippen LogP contribution in [0.2, 0.25) is 0 Å². The summed E-state index contributed by atoms with van der Waals surface area (Å²) in [7, 11) is 1.45. The van der Waals surface area contributed by atoms with Crippen molar-refractivity contribution in [2.75, 3.05) is 7.11 Å². The molecule has 164 valence electrons. The van der Waals surface area contributed by atoms with E-state index in [9.17, 15) is 4.79 Å². The molecule has 0 heterocycles. The molecule has 0 spiro atoms. The highest BCUT2D eigenvalue weighted by molar-refractivity contribution is 5.68. The second-order valence-electron chi connectivity index (χ2n) is 8.26. The van der Waals surface area contributed by atoms with Gasteiger partial charge in [-0.1, -0.05) is 102 Å². The monoisotopic (exact) mass is 392 g/mol. The minimum atomic E-state index is -0.108. The van der Waals surface area contributed by atoms with Crippen molar-refractivity contribution < 1.29 is 9.53 Å². The smallest absolute Gasteiger partial charge is 0.305 e. The molecular formula is C26H48O2. The Morgan fingerprint density at radius 3 is 1.71 bits per heavy atom. The van der Waals surface area contributed by atoms with Crippen molar-refractivity contribution in [2.45, 2.75) is 123 Å². The SMILES string of the molecule is CCC(C)CCCCCCCCCCC/C=C\CC/C=C\CCCC(=O)OC. The summed E-state index contributed by atoms with van der Waals surface area (Å²) >= 11 is 0. The van der Waals surface area contributed by atoms with Crippen molar-refractivity contribution in [1.82, 2.24) is 0 Å². The lowest BCUT2D eigenvalue weighted by Gasteiger charge is -2.07. The summed E-state index contributed by atoms with van der Waals surface area (Å²) in [5.41, 5.74) is 0. The largest absolute Gasteiger partial charge is 0.469 e. The van der Waals surface area contributed by atoms with Crippen molar-refractivity contribution in [3.63, 3.8) is 0 Å². The van der Waals surface area contributed by atoms with E-state index in [0.717, 1.165) is 31.6 Å². The molecule has 0 amide bonds. The van der Waals surface area contributed by atoms with Crippen LogP contribution < -0.4 is 0 Å². The second kappa shape index (κ2) is 22.2. The fourth-order valence-electron chi connectivity index (χ4n) is 3.33. The van der Waals surface area contributed by atoms with E-state index in [0.29, 0.717) is 6.42 Å². The van der Waals surface area contributed by atoms with Crippen molar-refractivity contribution in [2.24, 2.45) is 5.92 Å². The first-order valence-electron chi connectivity index (χ1n) is 12.1. The summed E-state index contributed by atoms with van der Waals surface area (Å²) in [5.74, 6) is 0.818. The highest BCUT2D eigenvalue weighted by atomic mass is 16.5. The average molecular weight is 393 g/mol. The van der Waals surface area contributed by atoms with Crippen molar-refractivity contribution in [1.29, 1.82) is 0 Å². The summed E-state index contributed by atoms with van der Waals surface area (Å²) in [6.07, 6.45) is 30.5. The van der Waals surface area contributed by atoms with Crippen molar-refractivity contribution >= 4 is 5.97 Å². The maximum absolute atomic E-state index is 11.0. The van der Waals surface area contributed by atoms with Gasteiger partial charge in [0.2, 0.25) is 0 Å². The molecule has 0 aromatic heterocycles. The highest BCUT2D eigenvalue weighted by Gasteiger charge is 1.98. The zero-order valence-electron chi connectivity index (χ0n) is 19.2. The minimum absolute atomic E-state index is 0.108. The summed E-state index contributed by atoms with van der Waals surface area (Å²) in [6.45, 7) is 4.68. The molecule has 0 aliphatic heterocycles. The van der Waals surface area contributed by atoms with E-state index in [1.807, 2.05) is 0 Å². The van der Waals surface area contributed by atoms with Crippen LogP contribution in [0.4, 0.5) is 0 Å². The number of rotatable bonds is 20. The molecule has 0 saturated heterocycles. The third kappa shape index (κ3) is 21.3. The van der Waals surface area contributed by atoms with Gasteiger partial charge < -0.3 is 4.74 Å². The molecule has 0 bridgehead atoms. The first kappa shape index (κ1) is 27.0. The van der Waals surface area contributed by atoms with Gasteiger partial charge in [0, 0.05) is 6.42 Å². The molecular weight excluding hydrogens is 344 g/mol. The Bertz CT molecular complexity index is 384. The number of carbonyl (C=O) groups excluding carboxylic acids is 1. The molecule has 0 aromatic rings. The number of hydrogen-bond acceptors (Lipinski definition) is 2. The van der Waals surface area contributed by atoms with Crippen LogP contribution in [0.3, 0.4) is 0 Å². The van der Waals surface area contributed by atoms with Gasteiger partial charge in [-0.2, -0.15) is 0 Å². The van der Waals surface area contributed by atoms with Crippen LogP contribution in [0.1, 0.15) is 123 Å². The topological polar surface area (TPSA) is 26.3 Å². The summed E-state index contributed by atoms with van der Waals surface area (Å²) in [6, 6.07) is 0. The molecule has 2 heteroatoms. The summed E-state index contributed by atoms with van der Waals surface area (Å²) in [4.78, 5) is 11.0. The van der Waals surface area contributed by atoms with E-state index in [2.05, 4.69) is 42.9 Å². The van der Waals surface area contributed by atoms with E-state index >= 15 is 0 Å². The minimum Gasteiger partial charge on any atom is -0.469 e. The summed E-state index contributed by atoms with van der Waals surface area (Å²) < 4.78 is 4.62. The standard InChI is InChI=1S/C26H48O2/c1-4-25(2)23-21-19-17-15-13-11-9-7-5-6-8-10-12-14-16-18-20-22-24-26(27)28-3/h8,10,16,18,25H,4-7,9,11-15,17,19-24H2,1-3H3/b10-8-,18-16-. The van der Waals surface area contributed by atoms with Gasteiger partial charge in [-0.3, -0.25) is 4.79 Å². The fourth-order valence-corrected chi connectivity index (χ4v) is 3.33. The Hall–Kier alpha value is -1.05. The molecule has 0 radical (unpaired) electrons. The Morgan fingerprint density at radius 2 is 1.18 bits per heavy atom. The third-order valence-corrected chi connectivity index (χ3v) is 5.58. The zero-order chi connectivity index (χ0) is 20.7. The van der Waals surface area contributed by atoms with Crippen LogP contribution in [0.5, 0.6) is 0 Å². The van der Waals surface area contributed by atoms with Gasteiger partial charge in [-0.05, 0) is 44.4 Å². The number of ether oxygens (including phenoxy) is 1. The summed E-state index contributed by atoms with van der Waals surface area (Å²) in [5, 5.41) is 0. The van der Waals surface area contributed by atoms with Crippen LogP contribution in [0.15, 0.2) is 24.3 Å². The van der Waals surface area contributed by atoms with E-state index in [1.54, 1.807) is 0 Å². The predicted molar refractivity (Wildman–Crippen MR) is 124 cm³/mol. The van der Waals surface area contributed by atoms with E-state index in [1.165, 1.54) is 84.2 Å². The quantitative estimate of drug-likeness (QED) is 0.118. The first-order valence-corrected chi connectivity index (χ1v) is 12.1. The maximum atomic E-state index is 11.0. The second-order valence-corrected chi connectivity index (χ2v) is 8.26. The van der Waals surface area contributed by atoms with Crippen molar-refractivity contribution in [3.05, 3.63) is 24.3 Å². The molecule has 1 atom stereocenters. The molecule has 0 aliphatic rings. The number of carbonyl (C=O) groups is 1. The maximum Gasteiger partial charge on any atom is 0.305 e. The molecule has 0 aliphatic carbocycles. The van der Waals surface area contributed by atoms with Gasteiger partial charge in [0.1, 0.15) is 0 Å². The first-order chi connectivity index (χ1) is 13.7. The molecule has 0 rings (SSSR count). The molecule has 0 fully saturated rings. The lowest BCUT2D eigenvalue weighted by molar-refractivity contribution is -0.140.